The first kappa shape index (κ1) is 18.5. The van der Waals surface area contributed by atoms with Gasteiger partial charge in [0.05, 0.1) is 16.6 Å². The summed E-state index contributed by atoms with van der Waals surface area (Å²) in [7, 11) is 0. The van der Waals surface area contributed by atoms with E-state index in [1.54, 1.807) is 11.6 Å². The molecule has 1 aromatic carbocycles. The van der Waals surface area contributed by atoms with E-state index in [1.165, 1.54) is 23.5 Å². The van der Waals surface area contributed by atoms with Gasteiger partial charge in [-0.1, -0.05) is 19.4 Å². The molecule has 0 aliphatic rings. The lowest BCUT2D eigenvalue weighted by molar-refractivity contribution is -0.136. The maximum Gasteiger partial charge on any atom is 0.418 e. The maximum absolute atomic E-state index is 13.4. The lowest BCUT2D eigenvalue weighted by atomic mass is 10.1. The highest BCUT2D eigenvalue weighted by Gasteiger charge is 2.34. The number of aryl methyl sites for hydroxylation is 1. The molecule has 0 unspecified atom stereocenters. The Morgan fingerprint density at radius 1 is 1.29 bits per heavy atom. The number of thiazole rings is 1. The summed E-state index contributed by atoms with van der Waals surface area (Å²) in [5.74, 6) is 0.642. The Morgan fingerprint density at radius 2 is 2.11 bits per heavy atom. The molecule has 0 amide bonds. The van der Waals surface area contributed by atoms with Crippen molar-refractivity contribution in [1.82, 2.24) is 9.97 Å². The Hall–Kier alpha value is -2.81. The van der Waals surface area contributed by atoms with Gasteiger partial charge < -0.3 is 14.7 Å². The summed E-state index contributed by atoms with van der Waals surface area (Å²) in [4.78, 5) is 20.0. The Balaban J connectivity index is 2.02. The summed E-state index contributed by atoms with van der Waals surface area (Å²) >= 11 is 1.33. The number of furan rings is 1. The summed E-state index contributed by atoms with van der Waals surface area (Å²) in [6, 6.07) is 3.58. The number of aromatic nitrogens is 2. The molecule has 3 aromatic heterocycles. The van der Waals surface area contributed by atoms with Crippen molar-refractivity contribution in [1.29, 1.82) is 0 Å². The summed E-state index contributed by atoms with van der Waals surface area (Å²) in [5, 5.41) is 5.43. The lowest BCUT2D eigenvalue weighted by Crippen LogP contribution is -2.11. The minimum atomic E-state index is -4.58. The number of nitrogens with one attached hydrogen (secondary N) is 2. The number of hydrogen-bond acceptors (Lipinski definition) is 5. The molecule has 0 atom stereocenters. The molecule has 2 N–H and O–H groups in total. The summed E-state index contributed by atoms with van der Waals surface area (Å²) in [6.07, 6.45) is -0.817. The van der Waals surface area contributed by atoms with Crippen LogP contribution in [0.3, 0.4) is 0 Å². The number of aromatic amines is 1. The normalized spacial score (nSPS) is 12.1. The van der Waals surface area contributed by atoms with Crippen LogP contribution < -0.4 is 10.7 Å². The molecule has 5 nitrogen and oxygen atoms in total. The highest BCUT2D eigenvalue weighted by atomic mass is 32.1. The van der Waals surface area contributed by atoms with Gasteiger partial charge in [-0.2, -0.15) is 13.2 Å². The van der Waals surface area contributed by atoms with E-state index in [4.69, 9.17) is 4.42 Å². The summed E-state index contributed by atoms with van der Waals surface area (Å²) in [5.41, 5.74) is -1.32. The number of H-pyrrole nitrogens is 1. The highest BCUT2D eigenvalue weighted by molar-refractivity contribution is 7.13. The average Bonchev–Trinajstić information content (AvgIpc) is 3.27. The van der Waals surface area contributed by atoms with Crippen LogP contribution in [0.2, 0.25) is 0 Å². The molecule has 4 aromatic rings. The molecule has 0 radical (unpaired) electrons. The van der Waals surface area contributed by atoms with Gasteiger partial charge in [-0.3, -0.25) is 4.79 Å². The number of para-hydroxylation sites is 1. The van der Waals surface area contributed by atoms with Crippen LogP contribution in [0.25, 0.3) is 21.8 Å². The molecule has 28 heavy (non-hydrogen) atoms. The summed E-state index contributed by atoms with van der Waals surface area (Å²) in [6.45, 7) is 2.00. The van der Waals surface area contributed by atoms with E-state index >= 15 is 0 Å². The Bertz CT molecular complexity index is 1190. The molecule has 0 fully saturated rings. The molecule has 9 heteroatoms. The maximum atomic E-state index is 13.4. The van der Waals surface area contributed by atoms with E-state index in [0.717, 1.165) is 18.9 Å². The fraction of sp³-hybridized carbons (Fsp3) is 0.263. The SMILES string of the molecule is CCCCc1oc(Nc2nccs2)c2c(=O)c3cccc(C(F)(F)F)c3[nH]c12. The third-order valence-corrected chi connectivity index (χ3v) is 5.17. The van der Waals surface area contributed by atoms with Gasteiger partial charge >= 0.3 is 6.18 Å². The zero-order valence-electron chi connectivity index (χ0n) is 14.8. The standard InChI is InChI=1S/C19H16F3N3O2S/c1-2-3-7-12-15-13(17(27-12)25-18-23-8-9-28-18)16(26)10-5-4-6-11(14(10)24-15)19(20,21)22/h4-6,8-9,24H,2-3,7H2,1H3,(H,23,25). The van der Waals surface area contributed by atoms with Crippen molar-refractivity contribution >= 4 is 44.2 Å². The van der Waals surface area contributed by atoms with Crippen molar-refractivity contribution in [3.05, 3.63) is 51.3 Å². The zero-order valence-corrected chi connectivity index (χ0v) is 15.6. The Labute approximate surface area is 161 Å². The molecule has 0 bridgehead atoms. The molecule has 0 spiro atoms. The minimum Gasteiger partial charge on any atom is -0.442 e. The van der Waals surface area contributed by atoms with Crippen LogP contribution in [0.15, 0.2) is 39.0 Å². The quantitative estimate of drug-likeness (QED) is 0.436. The minimum absolute atomic E-state index is 0.0349. The first-order chi connectivity index (χ1) is 13.4. The molecule has 0 aliphatic heterocycles. The molecule has 146 valence electrons. The smallest absolute Gasteiger partial charge is 0.418 e. The van der Waals surface area contributed by atoms with Crippen LogP contribution >= 0.6 is 11.3 Å². The fourth-order valence-corrected chi connectivity index (χ4v) is 3.71. The number of anilines is 2. The van der Waals surface area contributed by atoms with Crippen molar-refractivity contribution in [2.45, 2.75) is 32.4 Å². The van der Waals surface area contributed by atoms with E-state index in [0.29, 0.717) is 22.8 Å². The topological polar surface area (TPSA) is 70.9 Å². The van der Waals surface area contributed by atoms with Gasteiger partial charge in [0.1, 0.15) is 11.1 Å². The van der Waals surface area contributed by atoms with Crippen LogP contribution in [0, 0.1) is 0 Å². The number of nitrogens with zero attached hydrogens (tertiary/aromatic N) is 1. The van der Waals surface area contributed by atoms with Gasteiger partial charge in [0, 0.05) is 23.4 Å². The molecule has 4 rings (SSSR count). The van der Waals surface area contributed by atoms with Crippen molar-refractivity contribution < 1.29 is 17.6 Å². The monoisotopic (exact) mass is 407 g/mol. The molecule has 0 aliphatic carbocycles. The third kappa shape index (κ3) is 3.15. The van der Waals surface area contributed by atoms with E-state index < -0.39 is 17.2 Å². The molecule has 0 saturated heterocycles. The number of fused-ring (bicyclic) bond motifs is 2. The summed E-state index contributed by atoms with van der Waals surface area (Å²) < 4.78 is 46.2. The second kappa shape index (κ2) is 6.97. The third-order valence-electron chi connectivity index (χ3n) is 4.48. The average molecular weight is 407 g/mol. The van der Waals surface area contributed by atoms with Gasteiger partial charge in [-0.25, -0.2) is 4.98 Å². The number of unbranched alkanes of at least 4 members (excludes halogenated alkanes) is 1. The van der Waals surface area contributed by atoms with Gasteiger partial charge in [-0.05, 0) is 18.6 Å². The van der Waals surface area contributed by atoms with E-state index in [1.807, 2.05) is 6.92 Å². The zero-order chi connectivity index (χ0) is 19.9. The first-order valence-corrected chi connectivity index (χ1v) is 9.62. The largest absolute Gasteiger partial charge is 0.442 e. The fourth-order valence-electron chi connectivity index (χ4n) is 3.18. The molecular formula is C19H16F3N3O2S. The van der Waals surface area contributed by atoms with Crippen LogP contribution in [-0.2, 0) is 12.6 Å². The number of rotatable bonds is 5. The van der Waals surface area contributed by atoms with Crippen molar-refractivity contribution in [3.8, 4) is 0 Å². The van der Waals surface area contributed by atoms with Gasteiger partial charge in [0.2, 0.25) is 11.3 Å². The number of halogens is 3. The van der Waals surface area contributed by atoms with E-state index in [-0.39, 0.29) is 22.2 Å². The molecular weight excluding hydrogens is 391 g/mol. The number of alkyl halides is 3. The lowest BCUT2D eigenvalue weighted by Gasteiger charge is -2.10. The van der Waals surface area contributed by atoms with Crippen molar-refractivity contribution in [2.24, 2.45) is 0 Å². The van der Waals surface area contributed by atoms with Gasteiger partial charge in [-0.15, -0.1) is 11.3 Å². The second-order valence-electron chi connectivity index (χ2n) is 6.35. The predicted octanol–water partition coefficient (Wildman–Crippen LogP) is 5.84. The van der Waals surface area contributed by atoms with Crippen LogP contribution in [-0.4, -0.2) is 9.97 Å². The highest BCUT2D eigenvalue weighted by Crippen LogP contribution is 2.36. The number of benzene rings is 1. The predicted molar refractivity (Wildman–Crippen MR) is 103 cm³/mol. The van der Waals surface area contributed by atoms with Crippen molar-refractivity contribution in [3.63, 3.8) is 0 Å². The van der Waals surface area contributed by atoms with Gasteiger partial charge in [0.25, 0.3) is 0 Å². The van der Waals surface area contributed by atoms with Crippen LogP contribution in [0.1, 0.15) is 31.1 Å². The Kier molecular flexibility index (Phi) is 4.62. The van der Waals surface area contributed by atoms with Crippen LogP contribution in [0.5, 0.6) is 0 Å². The van der Waals surface area contributed by atoms with Crippen LogP contribution in [0.4, 0.5) is 24.2 Å². The van der Waals surface area contributed by atoms with Crippen molar-refractivity contribution in [2.75, 3.05) is 5.32 Å². The Morgan fingerprint density at radius 3 is 2.79 bits per heavy atom. The molecule has 0 saturated carbocycles. The first-order valence-electron chi connectivity index (χ1n) is 8.74. The number of pyridine rings is 1. The van der Waals surface area contributed by atoms with E-state index in [2.05, 4.69) is 15.3 Å². The molecule has 3 heterocycles. The van der Waals surface area contributed by atoms with E-state index in [9.17, 15) is 18.0 Å². The second-order valence-corrected chi connectivity index (χ2v) is 7.24. The van der Waals surface area contributed by atoms with Gasteiger partial charge in [0.15, 0.2) is 5.13 Å². The number of hydrogen-bond donors (Lipinski definition) is 2.